The van der Waals surface area contributed by atoms with Gasteiger partial charge in [-0.25, -0.2) is 4.98 Å². The first-order valence-electron chi connectivity index (χ1n) is 9.61. The molecule has 0 spiro atoms. The first kappa shape index (κ1) is 18.4. The Morgan fingerprint density at radius 2 is 1.96 bits per heavy atom. The van der Waals surface area contributed by atoms with Crippen LogP contribution in [0.25, 0.3) is 10.9 Å². The molecule has 1 saturated carbocycles. The van der Waals surface area contributed by atoms with Gasteiger partial charge in [-0.1, -0.05) is 24.4 Å². The van der Waals surface area contributed by atoms with E-state index in [1.165, 1.54) is 10.9 Å². The summed E-state index contributed by atoms with van der Waals surface area (Å²) in [6, 6.07) is 4.99. The summed E-state index contributed by atoms with van der Waals surface area (Å²) in [4.78, 5) is 31.5. The fourth-order valence-electron chi connectivity index (χ4n) is 4.29. The number of likely N-dealkylation sites (tertiary alicyclic amines) is 1. The topological polar surface area (TPSA) is 75.4 Å². The zero-order chi connectivity index (χ0) is 19.0. The summed E-state index contributed by atoms with van der Waals surface area (Å²) >= 11 is 5.95. The number of carbonyl (C=O) groups is 1. The van der Waals surface area contributed by atoms with E-state index in [2.05, 4.69) is 4.98 Å². The highest BCUT2D eigenvalue weighted by Crippen LogP contribution is 2.30. The van der Waals surface area contributed by atoms with Gasteiger partial charge in [0.25, 0.3) is 5.56 Å². The lowest BCUT2D eigenvalue weighted by Gasteiger charge is -2.39. The number of aromatic nitrogens is 2. The second kappa shape index (κ2) is 7.24. The van der Waals surface area contributed by atoms with Gasteiger partial charge in [-0.15, -0.1) is 0 Å². The maximum absolute atomic E-state index is 12.7. The highest BCUT2D eigenvalue weighted by atomic mass is 35.5. The van der Waals surface area contributed by atoms with Crippen LogP contribution in [0.4, 0.5) is 0 Å². The van der Waals surface area contributed by atoms with Crippen molar-refractivity contribution < 1.29 is 9.90 Å². The van der Waals surface area contributed by atoms with Crippen molar-refractivity contribution >= 4 is 28.4 Å². The molecule has 0 bridgehead atoms. The van der Waals surface area contributed by atoms with E-state index >= 15 is 0 Å². The van der Waals surface area contributed by atoms with Gasteiger partial charge in [-0.05, 0) is 43.9 Å². The van der Waals surface area contributed by atoms with Gasteiger partial charge in [0.15, 0.2) is 0 Å². The smallest absolute Gasteiger partial charge is 0.261 e. The second-order valence-corrected chi connectivity index (χ2v) is 8.31. The Hall–Kier alpha value is -1.92. The van der Waals surface area contributed by atoms with Crippen LogP contribution in [0.2, 0.25) is 5.02 Å². The molecule has 4 rings (SSSR count). The summed E-state index contributed by atoms with van der Waals surface area (Å²) in [7, 11) is 0. The molecule has 7 heteroatoms. The van der Waals surface area contributed by atoms with Crippen LogP contribution in [0.1, 0.15) is 38.5 Å². The van der Waals surface area contributed by atoms with E-state index in [0.717, 1.165) is 25.7 Å². The molecule has 1 aromatic carbocycles. The predicted octanol–water partition coefficient (Wildman–Crippen LogP) is 2.59. The van der Waals surface area contributed by atoms with E-state index in [0.29, 0.717) is 41.9 Å². The Morgan fingerprint density at radius 1 is 1.26 bits per heavy atom. The quantitative estimate of drug-likeness (QED) is 0.875. The third-order valence-electron chi connectivity index (χ3n) is 5.96. The second-order valence-electron chi connectivity index (χ2n) is 7.87. The van der Waals surface area contributed by atoms with Gasteiger partial charge < -0.3 is 10.0 Å². The van der Waals surface area contributed by atoms with Crippen molar-refractivity contribution in [2.45, 2.75) is 50.7 Å². The minimum atomic E-state index is -1.00. The molecule has 0 radical (unpaired) electrons. The number of piperidine rings is 1. The van der Waals surface area contributed by atoms with Crippen LogP contribution in [0.15, 0.2) is 29.3 Å². The summed E-state index contributed by atoms with van der Waals surface area (Å²) in [6.45, 7) is 1.26. The predicted molar refractivity (Wildman–Crippen MR) is 104 cm³/mol. The van der Waals surface area contributed by atoms with Crippen molar-refractivity contribution in [1.29, 1.82) is 0 Å². The van der Waals surface area contributed by atoms with Gasteiger partial charge >= 0.3 is 0 Å². The van der Waals surface area contributed by atoms with E-state index in [1.807, 2.05) is 4.90 Å². The van der Waals surface area contributed by atoms with E-state index in [-0.39, 0.29) is 23.9 Å². The maximum Gasteiger partial charge on any atom is 0.261 e. The van der Waals surface area contributed by atoms with Gasteiger partial charge in [0, 0.05) is 24.0 Å². The zero-order valence-electron chi connectivity index (χ0n) is 15.2. The Bertz CT molecular complexity index is 912. The summed E-state index contributed by atoms with van der Waals surface area (Å²) in [6.07, 6.45) is 6.65. The van der Waals surface area contributed by atoms with E-state index < -0.39 is 5.60 Å². The van der Waals surface area contributed by atoms with Crippen LogP contribution >= 0.6 is 11.6 Å². The van der Waals surface area contributed by atoms with Gasteiger partial charge in [-0.2, -0.15) is 0 Å². The first-order chi connectivity index (χ1) is 13.0. The molecular weight excluding hydrogens is 366 g/mol. The van der Waals surface area contributed by atoms with Crippen LogP contribution in [0.3, 0.4) is 0 Å². The Balaban J connectivity index is 1.46. The molecule has 2 aliphatic rings. The molecule has 27 heavy (non-hydrogen) atoms. The van der Waals surface area contributed by atoms with Crippen LogP contribution < -0.4 is 5.56 Å². The number of halogens is 1. The molecule has 0 unspecified atom stereocenters. The Labute approximate surface area is 162 Å². The number of benzene rings is 1. The zero-order valence-corrected chi connectivity index (χ0v) is 16.0. The Morgan fingerprint density at radius 3 is 2.67 bits per heavy atom. The number of carbonyl (C=O) groups excluding carboxylic acids is 1. The van der Waals surface area contributed by atoms with Crippen molar-refractivity contribution in [2.75, 3.05) is 13.1 Å². The number of aliphatic hydroxyl groups is 1. The molecule has 2 aromatic rings. The SMILES string of the molecule is O=C(C1CCCC1)N1CCC(O)(Cn2cnc3cc(Cl)ccc3c2=O)CC1. The molecule has 2 heterocycles. The van der Waals surface area contributed by atoms with Crippen molar-refractivity contribution in [3.63, 3.8) is 0 Å². The van der Waals surface area contributed by atoms with Crippen molar-refractivity contribution in [2.24, 2.45) is 5.92 Å². The standard InChI is InChI=1S/C20H24ClN3O3/c21-15-5-6-16-17(11-15)22-13-24(19(16)26)12-20(27)7-9-23(10-8-20)18(25)14-3-1-2-4-14/h5-6,11,13-14,27H,1-4,7-10,12H2. The molecule has 1 aliphatic carbocycles. The lowest BCUT2D eigenvalue weighted by molar-refractivity contribution is -0.140. The maximum atomic E-state index is 12.7. The fourth-order valence-corrected chi connectivity index (χ4v) is 4.46. The van der Waals surface area contributed by atoms with Crippen molar-refractivity contribution in [3.05, 3.63) is 39.9 Å². The third kappa shape index (κ3) is 3.73. The number of hydrogen-bond donors (Lipinski definition) is 1. The molecule has 0 atom stereocenters. The van der Waals surface area contributed by atoms with E-state index in [1.54, 1.807) is 18.2 Å². The van der Waals surface area contributed by atoms with Gasteiger partial charge in [0.1, 0.15) is 0 Å². The molecule has 144 valence electrons. The van der Waals surface area contributed by atoms with Crippen LogP contribution in [0, 0.1) is 5.92 Å². The lowest BCUT2D eigenvalue weighted by Crippen LogP contribution is -2.50. The monoisotopic (exact) mass is 389 g/mol. The molecule has 1 saturated heterocycles. The molecule has 2 fully saturated rings. The molecule has 1 aromatic heterocycles. The average Bonchev–Trinajstić information content (AvgIpc) is 3.19. The molecular formula is C20H24ClN3O3. The number of nitrogens with zero attached hydrogens (tertiary/aromatic N) is 3. The van der Waals surface area contributed by atoms with Crippen LogP contribution in [0.5, 0.6) is 0 Å². The largest absolute Gasteiger partial charge is 0.388 e. The number of fused-ring (bicyclic) bond motifs is 1. The third-order valence-corrected chi connectivity index (χ3v) is 6.20. The summed E-state index contributed by atoms with van der Waals surface area (Å²) in [5.41, 5.74) is -0.639. The minimum absolute atomic E-state index is 0.162. The number of amides is 1. The summed E-state index contributed by atoms with van der Waals surface area (Å²) in [5.74, 6) is 0.395. The highest BCUT2D eigenvalue weighted by molar-refractivity contribution is 6.31. The normalized spacial score (nSPS) is 20.3. The van der Waals surface area contributed by atoms with Gasteiger partial charge in [0.2, 0.25) is 5.91 Å². The first-order valence-corrected chi connectivity index (χ1v) is 9.99. The number of rotatable bonds is 3. The summed E-state index contributed by atoms with van der Waals surface area (Å²) in [5, 5.41) is 12.0. The number of hydrogen-bond acceptors (Lipinski definition) is 4. The summed E-state index contributed by atoms with van der Waals surface area (Å²) < 4.78 is 1.46. The fraction of sp³-hybridized carbons (Fsp3) is 0.550. The minimum Gasteiger partial charge on any atom is -0.388 e. The van der Waals surface area contributed by atoms with Crippen molar-refractivity contribution in [1.82, 2.24) is 14.5 Å². The van der Waals surface area contributed by atoms with Gasteiger partial charge in [0.05, 0.1) is 29.4 Å². The molecule has 6 nitrogen and oxygen atoms in total. The van der Waals surface area contributed by atoms with Crippen LogP contribution in [-0.4, -0.2) is 44.2 Å². The van der Waals surface area contributed by atoms with Crippen molar-refractivity contribution in [3.8, 4) is 0 Å². The molecule has 1 N–H and O–H groups in total. The molecule has 1 amide bonds. The van der Waals surface area contributed by atoms with E-state index in [4.69, 9.17) is 11.6 Å². The van der Waals surface area contributed by atoms with Gasteiger partial charge in [-0.3, -0.25) is 14.2 Å². The highest BCUT2D eigenvalue weighted by Gasteiger charge is 2.36. The van der Waals surface area contributed by atoms with E-state index in [9.17, 15) is 14.7 Å². The average molecular weight is 390 g/mol. The lowest BCUT2D eigenvalue weighted by atomic mass is 9.90. The van der Waals surface area contributed by atoms with Crippen LogP contribution in [-0.2, 0) is 11.3 Å². The Kier molecular flexibility index (Phi) is 4.95. The molecule has 1 aliphatic heterocycles.